The van der Waals surface area contributed by atoms with Gasteiger partial charge in [0.05, 0.1) is 11.6 Å². The van der Waals surface area contributed by atoms with E-state index in [4.69, 9.17) is 10.5 Å². The molecule has 0 aromatic heterocycles. The maximum absolute atomic E-state index is 13.5. The van der Waals surface area contributed by atoms with E-state index in [0.29, 0.717) is 6.54 Å². The molecule has 1 aromatic rings. The Hall–Kier alpha value is -1.13. The average Bonchev–Trinajstić information content (AvgIpc) is 2.48. The first-order valence-electron chi connectivity index (χ1n) is 7.41. The highest BCUT2D eigenvalue weighted by Crippen LogP contribution is 2.37. The molecule has 0 spiro atoms. The zero-order valence-corrected chi connectivity index (χ0v) is 12.4. The minimum atomic E-state index is -0.202. The molecule has 0 heterocycles. The predicted molar refractivity (Wildman–Crippen MR) is 80.5 cm³/mol. The number of ether oxygens (including phenoxy) is 1. The maximum atomic E-state index is 13.5. The zero-order valence-electron chi connectivity index (χ0n) is 12.4. The fourth-order valence-corrected chi connectivity index (χ4v) is 3.46. The van der Waals surface area contributed by atoms with Crippen LogP contribution in [-0.2, 0) is 4.74 Å². The van der Waals surface area contributed by atoms with Gasteiger partial charge in [0.1, 0.15) is 5.82 Å². The molecule has 2 unspecified atom stereocenters. The number of methoxy groups -OCH3 is 1. The van der Waals surface area contributed by atoms with E-state index in [-0.39, 0.29) is 17.5 Å². The summed E-state index contributed by atoms with van der Waals surface area (Å²) in [5.74, 6) is -0.202. The summed E-state index contributed by atoms with van der Waals surface area (Å²) in [6.45, 7) is 3.48. The van der Waals surface area contributed by atoms with E-state index >= 15 is 0 Å². The van der Waals surface area contributed by atoms with Crippen LogP contribution in [0, 0.1) is 5.82 Å². The van der Waals surface area contributed by atoms with Gasteiger partial charge in [-0.05, 0) is 50.8 Å². The highest BCUT2D eigenvalue weighted by Gasteiger charge is 2.40. The predicted octanol–water partition coefficient (Wildman–Crippen LogP) is 2.94. The van der Waals surface area contributed by atoms with Crippen LogP contribution >= 0.6 is 0 Å². The van der Waals surface area contributed by atoms with Crippen LogP contribution in [0.1, 0.15) is 32.6 Å². The molecule has 0 radical (unpaired) electrons. The molecule has 0 amide bonds. The summed E-state index contributed by atoms with van der Waals surface area (Å²) >= 11 is 0. The van der Waals surface area contributed by atoms with Crippen molar-refractivity contribution in [2.75, 3.05) is 25.1 Å². The third kappa shape index (κ3) is 2.96. The molecule has 1 aromatic carbocycles. The van der Waals surface area contributed by atoms with Crippen LogP contribution < -0.4 is 10.6 Å². The lowest BCUT2D eigenvalue weighted by Crippen LogP contribution is -2.57. The SMILES string of the molecule is CCN(c1cccc(F)c1)C1(CN)CCCC(OC)C1. The van der Waals surface area contributed by atoms with Crippen LogP contribution in [0.5, 0.6) is 0 Å². The molecule has 0 aliphatic heterocycles. The number of anilines is 1. The second-order valence-electron chi connectivity index (χ2n) is 5.61. The maximum Gasteiger partial charge on any atom is 0.125 e. The van der Waals surface area contributed by atoms with Gasteiger partial charge in [-0.15, -0.1) is 0 Å². The summed E-state index contributed by atoms with van der Waals surface area (Å²) in [6, 6.07) is 6.79. The molecule has 4 heteroatoms. The molecule has 1 fully saturated rings. The minimum Gasteiger partial charge on any atom is -0.381 e. The number of nitrogens with zero attached hydrogens (tertiary/aromatic N) is 1. The second kappa shape index (κ2) is 6.55. The summed E-state index contributed by atoms with van der Waals surface area (Å²) in [7, 11) is 1.76. The number of halogens is 1. The summed E-state index contributed by atoms with van der Waals surface area (Å²) in [5.41, 5.74) is 6.90. The van der Waals surface area contributed by atoms with Crippen LogP contribution in [0.25, 0.3) is 0 Å². The summed E-state index contributed by atoms with van der Waals surface area (Å²) in [4.78, 5) is 2.25. The van der Waals surface area contributed by atoms with Crippen molar-refractivity contribution in [1.29, 1.82) is 0 Å². The first-order chi connectivity index (χ1) is 9.65. The fraction of sp³-hybridized carbons (Fsp3) is 0.625. The van der Waals surface area contributed by atoms with E-state index in [0.717, 1.165) is 37.9 Å². The Balaban J connectivity index is 2.31. The Labute approximate surface area is 120 Å². The molecule has 1 saturated carbocycles. The Morgan fingerprint density at radius 1 is 1.50 bits per heavy atom. The molecule has 0 bridgehead atoms. The van der Waals surface area contributed by atoms with Crippen molar-refractivity contribution in [3.05, 3.63) is 30.1 Å². The molecular formula is C16H25FN2O. The lowest BCUT2D eigenvalue weighted by Gasteiger charge is -2.49. The van der Waals surface area contributed by atoms with Crippen LogP contribution in [0.2, 0.25) is 0 Å². The number of hydrogen-bond donors (Lipinski definition) is 1. The van der Waals surface area contributed by atoms with Gasteiger partial charge in [-0.3, -0.25) is 0 Å². The van der Waals surface area contributed by atoms with Crippen molar-refractivity contribution in [2.24, 2.45) is 5.73 Å². The minimum absolute atomic E-state index is 0.124. The monoisotopic (exact) mass is 280 g/mol. The third-order valence-electron chi connectivity index (χ3n) is 4.50. The third-order valence-corrected chi connectivity index (χ3v) is 4.50. The molecule has 2 N–H and O–H groups in total. The van der Waals surface area contributed by atoms with Gasteiger partial charge < -0.3 is 15.4 Å². The Morgan fingerprint density at radius 3 is 2.90 bits per heavy atom. The van der Waals surface area contributed by atoms with Gasteiger partial charge in [-0.25, -0.2) is 4.39 Å². The molecule has 3 nitrogen and oxygen atoms in total. The van der Waals surface area contributed by atoms with Gasteiger partial charge in [0.25, 0.3) is 0 Å². The lowest BCUT2D eigenvalue weighted by molar-refractivity contribution is 0.0413. The van der Waals surface area contributed by atoms with Gasteiger partial charge >= 0.3 is 0 Å². The van der Waals surface area contributed by atoms with Crippen molar-refractivity contribution in [3.63, 3.8) is 0 Å². The molecular weight excluding hydrogens is 255 g/mol. The summed E-state index contributed by atoms with van der Waals surface area (Å²) in [5, 5.41) is 0. The molecule has 2 atom stereocenters. The summed E-state index contributed by atoms with van der Waals surface area (Å²) < 4.78 is 19.1. The Kier molecular flexibility index (Phi) is 5.00. The largest absolute Gasteiger partial charge is 0.381 e. The lowest BCUT2D eigenvalue weighted by atomic mass is 9.78. The molecule has 20 heavy (non-hydrogen) atoms. The van der Waals surface area contributed by atoms with Crippen molar-refractivity contribution in [1.82, 2.24) is 0 Å². The highest BCUT2D eigenvalue weighted by atomic mass is 19.1. The van der Waals surface area contributed by atoms with Gasteiger partial charge in [0.15, 0.2) is 0 Å². The molecule has 1 aliphatic rings. The first kappa shape index (κ1) is 15.3. The Morgan fingerprint density at radius 2 is 2.30 bits per heavy atom. The molecule has 2 rings (SSSR count). The van der Waals surface area contributed by atoms with Gasteiger partial charge in [-0.2, -0.15) is 0 Å². The van der Waals surface area contributed by atoms with Crippen LogP contribution in [0.3, 0.4) is 0 Å². The van der Waals surface area contributed by atoms with Crippen LogP contribution in [-0.4, -0.2) is 31.8 Å². The zero-order chi connectivity index (χ0) is 14.6. The number of benzene rings is 1. The smallest absolute Gasteiger partial charge is 0.125 e. The van der Waals surface area contributed by atoms with Gasteiger partial charge in [0, 0.05) is 25.9 Å². The standard InChI is InChI=1S/C16H25FN2O/c1-3-19(14-7-4-6-13(17)10-14)16(12-18)9-5-8-15(11-16)20-2/h4,6-7,10,15H,3,5,8-9,11-12,18H2,1-2H3. The van der Waals surface area contributed by atoms with E-state index in [1.807, 2.05) is 6.07 Å². The van der Waals surface area contributed by atoms with E-state index in [2.05, 4.69) is 11.8 Å². The Bertz CT molecular complexity index is 440. The highest BCUT2D eigenvalue weighted by molar-refractivity contribution is 5.49. The van der Waals surface area contributed by atoms with Crippen molar-refractivity contribution in [2.45, 2.75) is 44.2 Å². The quantitative estimate of drug-likeness (QED) is 0.901. The van der Waals surface area contributed by atoms with E-state index < -0.39 is 0 Å². The number of hydrogen-bond acceptors (Lipinski definition) is 3. The average molecular weight is 280 g/mol. The second-order valence-corrected chi connectivity index (χ2v) is 5.61. The number of likely N-dealkylation sites (N-methyl/N-ethyl adjacent to an activating group) is 1. The fourth-order valence-electron chi connectivity index (χ4n) is 3.46. The topological polar surface area (TPSA) is 38.5 Å². The van der Waals surface area contributed by atoms with Gasteiger partial charge in [-0.1, -0.05) is 6.07 Å². The molecule has 112 valence electrons. The van der Waals surface area contributed by atoms with Gasteiger partial charge in [0.2, 0.25) is 0 Å². The van der Waals surface area contributed by atoms with Crippen LogP contribution in [0.4, 0.5) is 10.1 Å². The number of nitrogens with two attached hydrogens (primary N) is 1. The molecule has 1 aliphatic carbocycles. The number of rotatable bonds is 5. The van der Waals surface area contributed by atoms with E-state index in [1.54, 1.807) is 19.2 Å². The van der Waals surface area contributed by atoms with E-state index in [9.17, 15) is 4.39 Å². The molecule has 0 saturated heterocycles. The van der Waals surface area contributed by atoms with Crippen LogP contribution in [0.15, 0.2) is 24.3 Å². The van der Waals surface area contributed by atoms with Crippen molar-refractivity contribution in [3.8, 4) is 0 Å². The van der Waals surface area contributed by atoms with E-state index in [1.165, 1.54) is 6.07 Å². The van der Waals surface area contributed by atoms with Crippen molar-refractivity contribution >= 4 is 5.69 Å². The normalized spacial score (nSPS) is 26.5. The van der Waals surface area contributed by atoms with Crippen molar-refractivity contribution < 1.29 is 9.13 Å². The summed E-state index contributed by atoms with van der Waals surface area (Å²) in [6.07, 6.45) is 4.37. The first-order valence-corrected chi connectivity index (χ1v) is 7.41.